The summed E-state index contributed by atoms with van der Waals surface area (Å²) in [6.45, 7) is 0.220. The second-order valence-electron chi connectivity index (χ2n) is 4.24. The molecule has 2 N–H and O–H groups in total. The highest BCUT2D eigenvalue weighted by molar-refractivity contribution is 6.30. The molecule has 6 nitrogen and oxygen atoms in total. The predicted molar refractivity (Wildman–Crippen MR) is 77.4 cm³/mol. The highest BCUT2D eigenvalue weighted by Gasteiger charge is 2.20. The Morgan fingerprint density at radius 2 is 1.90 bits per heavy atom. The molecule has 2 aromatic rings. The van der Waals surface area contributed by atoms with Gasteiger partial charge in [0.05, 0.1) is 10.5 Å². The van der Waals surface area contributed by atoms with Crippen molar-refractivity contribution in [2.24, 2.45) is 0 Å². The Hall–Kier alpha value is -2.60. The number of aromatic hydroxyl groups is 1. The number of phenols is 1. The van der Waals surface area contributed by atoms with E-state index in [0.717, 1.165) is 11.6 Å². The third-order valence-electron chi connectivity index (χ3n) is 2.82. The van der Waals surface area contributed by atoms with Gasteiger partial charge in [-0.05, 0) is 23.8 Å². The molecular weight excluding hydrogens is 296 g/mol. The number of halogens is 1. The van der Waals surface area contributed by atoms with E-state index in [9.17, 15) is 20.0 Å². The van der Waals surface area contributed by atoms with E-state index in [2.05, 4.69) is 5.32 Å². The summed E-state index contributed by atoms with van der Waals surface area (Å²) < 4.78 is 0. The number of hydrogen-bond acceptors (Lipinski definition) is 4. The lowest BCUT2D eigenvalue weighted by Crippen LogP contribution is -2.23. The van der Waals surface area contributed by atoms with Crippen molar-refractivity contribution in [1.82, 2.24) is 5.32 Å². The molecule has 21 heavy (non-hydrogen) atoms. The smallest absolute Gasteiger partial charge is 0.311 e. The van der Waals surface area contributed by atoms with Crippen LogP contribution in [0.5, 0.6) is 5.75 Å². The highest BCUT2D eigenvalue weighted by Crippen LogP contribution is 2.29. The Bertz CT molecular complexity index is 686. The molecule has 0 unspecified atom stereocenters. The van der Waals surface area contributed by atoms with Crippen LogP contribution in [0.15, 0.2) is 42.5 Å². The molecule has 1 amide bonds. The number of nitro benzene ring substituents is 1. The van der Waals surface area contributed by atoms with Gasteiger partial charge < -0.3 is 10.4 Å². The van der Waals surface area contributed by atoms with Gasteiger partial charge in [0.2, 0.25) is 5.75 Å². The summed E-state index contributed by atoms with van der Waals surface area (Å²) in [6.07, 6.45) is 0. The summed E-state index contributed by atoms with van der Waals surface area (Å²) >= 11 is 5.75. The zero-order valence-electron chi connectivity index (χ0n) is 10.7. The van der Waals surface area contributed by atoms with Gasteiger partial charge in [-0.25, -0.2) is 0 Å². The van der Waals surface area contributed by atoms with Gasteiger partial charge in [-0.2, -0.15) is 0 Å². The van der Waals surface area contributed by atoms with Crippen LogP contribution in [0.2, 0.25) is 5.02 Å². The molecule has 108 valence electrons. The summed E-state index contributed by atoms with van der Waals surface area (Å²) in [6, 6.07) is 10.7. The molecule has 0 atom stereocenters. The van der Waals surface area contributed by atoms with Crippen molar-refractivity contribution >= 4 is 23.2 Å². The van der Waals surface area contributed by atoms with Crippen LogP contribution in [0, 0.1) is 10.1 Å². The molecule has 0 radical (unpaired) electrons. The van der Waals surface area contributed by atoms with Crippen molar-refractivity contribution in [3.8, 4) is 5.75 Å². The summed E-state index contributed by atoms with van der Waals surface area (Å²) in [7, 11) is 0. The van der Waals surface area contributed by atoms with Gasteiger partial charge in [0.15, 0.2) is 0 Å². The van der Waals surface area contributed by atoms with E-state index in [4.69, 9.17) is 11.6 Å². The number of carbonyl (C=O) groups is 1. The number of hydrogen-bond donors (Lipinski definition) is 2. The van der Waals surface area contributed by atoms with Gasteiger partial charge in [-0.1, -0.05) is 29.8 Å². The topological polar surface area (TPSA) is 92.5 Å². The molecule has 0 aromatic heterocycles. The quantitative estimate of drug-likeness (QED) is 0.671. The average Bonchev–Trinajstić information content (AvgIpc) is 2.46. The van der Waals surface area contributed by atoms with Crippen molar-refractivity contribution in [1.29, 1.82) is 0 Å². The maximum atomic E-state index is 12.0. The molecule has 2 rings (SSSR count). The minimum atomic E-state index is -0.745. The number of nitro groups is 1. The van der Waals surface area contributed by atoms with Gasteiger partial charge in [0.25, 0.3) is 5.91 Å². The lowest BCUT2D eigenvalue weighted by atomic mass is 10.1. The standard InChI is InChI=1S/C14H11ClN2O4/c15-10-6-4-9(5-7-10)8-16-14(19)11-2-1-3-12(13(11)18)17(20)21/h1-7,18H,8H2,(H,16,19). The number of para-hydroxylation sites is 1. The average molecular weight is 307 g/mol. The lowest BCUT2D eigenvalue weighted by Gasteiger charge is -2.07. The molecule has 0 heterocycles. The van der Waals surface area contributed by atoms with Crippen molar-refractivity contribution < 1.29 is 14.8 Å². The second kappa shape index (κ2) is 6.23. The Balaban J connectivity index is 2.12. The summed E-state index contributed by atoms with van der Waals surface area (Å²) in [5.41, 5.74) is 0.171. The van der Waals surface area contributed by atoms with E-state index in [1.54, 1.807) is 24.3 Å². The van der Waals surface area contributed by atoms with Gasteiger partial charge in [0.1, 0.15) is 0 Å². The lowest BCUT2D eigenvalue weighted by molar-refractivity contribution is -0.385. The van der Waals surface area contributed by atoms with Crippen LogP contribution in [-0.4, -0.2) is 15.9 Å². The van der Waals surface area contributed by atoms with Crippen LogP contribution in [0.1, 0.15) is 15.9 Å². The highest BCUT2D eigenvalue weighted by atomic mass is 35.5. The first-order chi connectivity index (χ1) is 9.99. The van der Waals surface area contributed by atoms with Crippen molar-refractivity contribution in [2.45, 2.75) is 6.54 Å². The normalized spacial score (nSPS) is 10.1. The van der Waals surface area contributed by atoms with Crippen molar-refractivity contribution in [2.75, 3.05) is 0 Å². The molecule has 0 fully saturated rings. The van der Waals surface area contributed by atoms with Gasteiger partial charge in [-0.15, -0.1) is 0 Å². The fourth-order valence-electron chi connectivity index (χ4n) is 1.74. The molecule has 0 bridgehead atoms. The largest absolute Gasteiger partial charge is 0.502 e. The number of rotatable bonds is 4. The first kappa shape index (κ1) is 14.8. The van der Waals surface area contributed by atoms with Crippen LogP contribution in [0.3, 0.4) is 0 Å². The molecule has 0 saturated heterocycles. The first-order valence-corrected chi connectivity index (χ1v) is 6.36. The summed E-state index contributed by atoms with van der Waals surface area (Å²) in [4.78, 5) is 21.9. The van der Waals surface area contributed by atoms with E-state index >= 15 is 0 Å². The van der Waals surface area contributed by atoms with E-state index in [0.29, 0.717) is 5.02 Å². The number of benzene rings is 2. The van der Waals surface area contributed by atoms with Gasteiger partial charge in [-0.3, -0.25) is 14.9 Å². The molecule has 7 heteroatoms. The summed E-state index contributed by atoms with van der Waals surface area (Å²) in [5, 5.41) is 23.6. The number of nitrogens with one attached hydrogen (secondary N) is 1. The van der Waals surface area contributed by atoms with Crippen LogP contribution >= 0.6 is 11.6 Å². The van der Waals surface area contributed by atoms with Crippen LogP contribution in [-0.2, 0) is 6.54 Å². The number of phenolic OH excluding ortho intramolecular Hbond substituents is 1. The van der Waals surface area contributed by atoms with Crippen LogP contribution in [0.4, 0.5) is 5.69 Å². The van der Waals surface area contributed by atoms with Gasteiger partial charge >= 0.3 is 5.69 Å². The van der Waals surface area contributed by atoms with Crippen LogP contribution in [0.25, 0.3) is 0 Å². The van der Waals surface area contributed by atoms with E-state index in [1.807, 2.05) is 0 Å². The molecular formula is C14H11ClN2O4. The van der Waals surface area contributed by atoms with Crippen LogP contribution < -0.4 is 5.32 Å². The Morgan fingerprint density at radius 1 is 1.24 bits per heavy atom. The maximum Gasteiger partial charge on any atom is 0.311 e. The maximum absolute atomic E-state index is 12.0. The molecule has 0 aliphatic carbocycles. The fourth-order valence-corrected chi connectivity index (χ4v) is 1.87. The zero-order valence-corrected chi connectivity index (χ0v) is 11.5. The molecule has 0 aliphatic heterocycles. The first-order valence-electron chi connectivity index (χ1n) is 5.98. The predicted octanol–water partition coefficient (Wildman–Crippen LogP) is 2.88. The molecule has 0 spiro atoms. The third kappa shape index (κ3) is 3.49. The zero-order chi connectivity index (χ0) is 15.4. The SMILES string of the molecule is O=C(NCc1ccc(Cl)cc1)c1cccc([N+](=O)[O-])c1O. The van der Waals surface area contributed by atoms with Crippen molar-refractivity contribution in [3.05, 3.63) is 68.7 Å². The Morgan fingerprint density at radius 3 is 2.52 bits per heavy atom. The van der Waals surface area contributed by atoms with Crippen molar-refractivity contribution in [3.63, 3.8) is 0 Å². The number of amides is 1. The minimum Gasteiger partial charge on any atom is -0.502 e. The number of carbonyl (C=O) groups excluding carboxylic acids is 1. The third-order valence-corrected chi connectivity index (χ3v) is 3.07. The minimum absolute atomic E-state index is 0.141. The Labute approximate surface area is 125 Å². The van der Waals surface area contributed by atoms with E-state index in [1.165, 1.54) is 12.1 Å². The molecule has 0 saturated carbocycles. The second-order valence-corrected chi connectivity index (χ2v) is 4.68. The summed E-state index contributed by atoms with van der Waals surface area (Å²) in [5.74, 6) is -1.23. The Kier molecular flexibility index (Phi) is 4.39. The number of nitrogens with zero attached hydrogens (tertiary/aromatic N) is 1. The molecule has 2 aromatic carbocycles. The van der Waals surface area contributed by atoms with Gasteiger partial charge in [0, 0.05) is 17.6 Å². The monoisotopic (exact) mass is 306 g/mol. The van der Waals surface area contributed by atoms with E-state index < -0.39 is 22.3 Å². The fraction of sp³-hybridized carbons (Fsp3) is 0.0714. The van der Waals surface area contributed by atoms with E-state index in [-0.39, 0.29) is 12.1 Å². The molecule has 0 aliphatic rings.